The van der Waals surface area contributed by atoms with Crippen LogP contribution >= 0.6 is 11.6 Å². The zero-order valence-corrected chi connectivity index (χ0v) is 42.5. The number of allylic oxidation sites excluding steroid dienone is 1. The second-order valence-electron chi connectivity index (χ2n) is 19.4. The average molecular weight is 1010 g/mol. The van der Waals surface area contributed by atoms with Crippen molar-refractivity contribution in [3.8, 4) is 11.5 Å². The SMILES string of the molecule is C=S1(=NC(=O)OCC)CCN(C[C@H](C)Cc2ccc(S(=O)(=O)NC(=O)c3ccc(N4CCN(CC5=C(c6ccc(Cl)cc6)CC(C)(C)CC5)CC4)cc3Oc3cnc4[nH]ccc4c3)cc2[N+](=O)[O-])CC1. The average Bonchev–Trinajstić information content (AvgIpc) is 3.79. The number of benzene rings is 3. The van der Waals surface area contributed by atoms with E-state index in [1.807, 2.05) is 25.1 Å². The minimum absolute atomic E-state index is 0.0328. The van der Waals surface area contributed by atoms with Gasteiger partial charge in [0.05, 0.1) is 28.2 Å². The molecule has 70 heavy (non-hydrogen) atoms. The van der Waals surface area contributed by atoms with Crippen LogP contribution in [0.1, 0.15) is 68.4 Å². The number of fused-ring (bicyclic) bond motifs is 1. The van der Waals surface area contributed by atoms with E-state index in [2.05, 4.69) is 65.6 Å². The van der Waals surface area contributed by atoms with Gasteiger partial charge in [0.25, 0.3) is 21.6 Å². The van der Waals surface area contributed by atoms with Gasteiger partial charge in [-0.15, -0.1) is 9.41 Å². The topological polar surface area (TPSA) is 193 Å². The number of ether oxygens (including phenoxy) is 2. The Labute approximate surface area is 415 Å². The van der Waals surface area contributed by atoms with Crippen LogP contribution in [0.15, 0.2) is 100 Å². The first-order chi connectivity index (χ1) is 33.4. The lowest BCUT2D eigenvalue weighted by atomic mass is 9.72. The summed E-state index contributed by atoms with van der Waals surface area (Å²) in [6, 6.07) is 20.6. The van der Waals surface area contributed by atoms with E-state index in [9.17, 15) is 28.1 Å². The summed E-state index contributed by atoms with van der Waals surface area (Å²) in [6.07, 6.45) is 6.17. The van der Waals surface area contributed by atoms with Gasteiger partial charge in [-0.3, -0.25) is 19.8 Å². The number of nitrogens with one attached hydrogen (secondary N) is 2. The summed E-state index contributed by atoms with van der Waals surface area (Å²) < 4.78 is 45.5. The summed E-state index contributed by atoms with van der Waals surface area (Å²) in [5.74, 6) is 4.96. The highest BCUT2D eigenvalue weighted by atomic mass is 35.5. The molecular formula is C51H61ClN8O8S2. The smallest absolute Gasteiger partial charge is 0.439 e. The van der Waals surface area contributed by atoms with Crippen LogP contribution in [0.2, 0.25) is 5.02 Å². The number of hydrogen-bond acceptors (Lipinski definition) is 12. The predicted molar refractivity (Wildman–Crippen MR) is 278 cm³/mol. The normalized spacial score (nSPS) is 18.0. The summed E-state index contributed by atoms with van der Waals surface area (Å²) in [6.45, 7) is 14.5. The summed E-state index contributed by atoms with van der Waals surface area (Å²) in [5.41, 5.74) is 5.71. The van der Waals surface area contributed by atoms with Gasteiger partial charge in [0.15, 0.2) is 0 Å². The lowest BCUT2D eigenvalue weighted by Gasteiger charge is -2.39. The molecule has 0 bridgehead atoms. The second-order valence-corrected chi connectivity index (χ2v) is 24.5. The molecule has 19 heteroatoms. The first-order valence-corrected chi connectivity index (χ1v) is 27.6. The highest BCUT2D eigenvalue weighted by Crippen LogP contribution is 2.43. The Morgan fingerprint density at radius 3 is 2.47 bits per heavy atom. The van der Waals surface area contributed by atoms with Gasteiger partial charge >= 0.3 is 6.09 Å². The number of halogens is 1. The quantitative estimate of drug-likeness (QED) is 0.0575. The number of aromatic amines is 1. The fraction of sp³-hybridized carbons (Fsp3) is 0.412. The Kier molecular flexibility index (Phi) is 15.4. The highest BCUT2D eigenvalue weighted by molar-refractivity contribution is 8.02. The third kappa shape index (κ3) is 12.4. The van der Waals surface area contributed by atoms with Gasteiger partial charge in [0.1, 0.15) is 17.1 Å². The molecule has 4 heterocycles. The molecule has 1 atom stereocenters. The molecule has 0 saturated carbocycles. The van der Waals surface area contributed by atoms with Gasteiger partial charge in [0, 0.05) is 104 Å². The van der Waals surface area contributed by atoms with Gasteiger partial charge < -0.3 is 24.3 Å². The Morgan fingerprint density at radius 2 is 1.76 bits per heavy atom. The fourth-order valence-electron chi connectivity index (χ4n) is 9.54. The third-order valence-electron chi connectivity index (χ3n) is 13.4. The molecule has 2 aliphatic heterocycles. The number of nitrogens with zero attached hydrogens (tertiary/aromatic N) is 6. The molecule has 0 unspecified atom stereocenters. The van der Waals surface area contributed by atoms with Crippen molar-refractivity contribution in [1.29, 1.82) is 0 Å². The van der Waals surface area contributed by atoms with E-state index >= 15 is 0 Å². The first-order valence-electron chi connectivity index (χ1n) is 23.6. The van der Waals surface area contributed by atoms with Crippen molar-refractivity contribution in [3.05, 3.63) is 123 Å². The van der Waals surface area contributed by atoms with Crippen molar-refractivity contribution in [2.45, 2.75) is 58.3 Å². The van der Waals surface area contributed by atoms with Crippen molar-refractivity contribution >= 4 is 76.9 Å². The maximum absolute atomic E-state index is 14.1. The monoisotopic (exact) mass is 1010 g/mol. The third-order valence-corrected chi connectivity index (χ3v) is 17.4. The molecule has 1 aliphatic carbocycles. The van der Waals surface area contributed by atoms with E-state index in [-0.39, 0.29) is 34.9 Å². The molecule has 2 saturated heterocycles. The molecule has 0 spiro atoms. The number of H-pyrrole nitrogens is 1. The number of nitro benzene ring substituents is 1. The minimum Gasteiger partial charge on any atom is -0.455 e. The molecule has 2 fully saturated rings. The molecule has 2 amide bonds. The minimum atomic E-state index is -4.60. The molecular weight excluding hydrogens is 952 g/mol. The van der Waals surface area contributed by atoms with E-state index in [1.165, 1.54) is 35.0 Å². The number of amides is 2. The number of sulfonamides is 1. The maximum Gasteiger partial charge on any atom is 0.439 e. The Balaban J connectivity index is 0.963. The molecule has 2 N–H and O–H groups in total. The van der Waals surface area contributed by atoms with Crippen LogP contribution in [0, 0.1) is 21.4 Å². The number of carbonyl (C=O) groups excluding carboxylic acids is 2. The van der Waals surface area contributed by atoms with Crippen molar-refractivity contribution in [2.75, 3.05) is 75.4 Å². The first kappa shape index (κ1) is 50.6. The van der Waals surface area contributed by atoms with Crippen LogP contribution in [0.4, 0.5) is 16.2 Å². The van der Waals surface area contributed by atoms with E-state index < -0.39 is 41.3 Å². The summed E-state index contributed by atoms with van der Waals surface area (Å²) >= 11 is 6.25. The van der Waals surface area contributed by atoms with Crippen LogP contribution in [0.3, 0.4) is 0 Å². The number of anilines is 1. The Morgan fingerprint density at radius 1 is 1.01 bits per heavy atom. The number of nitro groups is 1. The van der Waals surface area contributed by atoms with E-state index in [1.54, 1.807) is 37.4 Å². The van der Waals surface area contributed by atoms with Crippen LogP contribution < -0.4 is 14.4 Å². The molecule has 3 aromatic carbocycles. The largest absolute Gasteiger partial charge is 0.455 e. The number of pyridine rings is 1. The molecule has 0 radical (unpaired) electrons. The van der Waals surface area contributed by atoms with Crippen molar-refractivity contribution in [3.63, 3.8) is 0 Å². The van der Waals surface area contributed by atoms with E-state index in [4.69, 9.17) is 21.1 Å². The predicted octanol–water partition coefficient (Wildman–Crippen LogP) is 9.24. The lowest BCUT2D eigenvalue weighted by molar-refractivity contribution is -0.385. The van der Waals surface area contributed by atoms with Crippen LogP contribution in [0.25, 0.3) is 16.6 Å². The van der Waals surface area contributed by atoms with Gasteiger partial charge in [0.2, 0.25) is 0 Å². The van der Waals surface area contributed by atoms with E-state index in [0.29, 0.717) is 67.6 Å². The van der Waals surface area contributed by atoms with Crippen LogP contribution in [-0.2, 0) is 30.6 Å². The Bertz CT molecular complexity index is 3030. The standard InChI is InChI=1S/C51H61ClN8O8S2/c1-6-67-50(62)56-69(5)25-23-58(24-26-69)33-35(2)27-37-9-13-43(30-46(37)60(63)64)70(65,66)55-49(61)44-14-12-41(29-47(44)68-42-28-38-16-18-53-48(38)54-32-42)59-21-19-57(20-22-59)34-39-15-17-51(3,4)31-45(39)36-7-10-40(52)11-8-36/h7-14,16,18,28-30,32,35H,5-6,15,17,19-27,31,33-34H2,1-4H3,(H,53,54)(H,55,61)/t35-/m1/s1. The summed E-state index contributed by atoms with van der Waals surface area (Å²) in [4.78, 5) is 51.8. The molecule has 372 valence electrons. The molecule has 5 aromatic rings. The fourth-order valence-corrected chi connectivity index (χ4v) is 12.6. The molecule has 3 aliphatic rings. The number of carbonyl (C=O) groups is 2. The molecule has 8 rings (SSSR count). The van der Waals surface area contributed by atoms with Crippen LogP contribution in [0.5, 0.6) is 11.5 Å². The van der Waals surface area contributed by atoms with Crippen molar-refractivity contribution in [1.82, 2.24) is 24.5 Å². The van der Waals surface area contributed by atoms with Crippen molar-refractivity contribution in [2.24, 2.45) is 15.7 Å². The summed E-state index contributed by atoms with van der Waals surface area (Å²) in [5, 5.41) is 13.9. The van der Waals surface area contributed by atoms with Crippen LogP contribution in [-0.4, -0.2) is 121 Å². The lowest BCUT2D eigenvalue weighted by Crippen LogP contribution is -2.47. The summed E-state index contributed by atoms with van der Waals surface area (Å²) in [7, 11) is -6.33. The maximum atomic E-state index is 14.1. The second kappa shape index (κ2) is 21.3. The molecule has 2 aromatic heterocycles. The number of piperazine rings is 1. The van der Waals surface area contributed by atoms with Gasteiger partial charge in [-0.25, -0.2) is 22.9 Å². The number of rotatable bonds is 15. The zero-order chi connectivity index (χ0) is 49.8. The highest BCUT2D eigenvalue weighted by Gasteiger charge is 2.31. The van der Waals surface area contributed by atoms with Gasteiger partial charge in [-0.2, -0.15) is 4.36 Å². The van der Waals surface area contributed by atoms with Gasteiger partial charge in [-0.05, 0) is 97.5 Å². The number of aromatic nitrogens is 2. The molecule has 16 nitrogen and oxygen atoms in total. The van der Waals surface area contributed by atoms with Gasteiger partial charge in [-0.1, -0.05) is 62.0 Å². The Hall–Kier alpha value is -5.79. The van der Waals surface area contributed by atoms with E-state index in [0.717, 1.165) is 61.1 Å². The zero-order valence-electron chi connectivity index (χ0n) is 40.1. The number of hydrogen-bond donors (Lipinski definition) is 2. The van der Waals surface area contributed by atoms with Crippen molar-refractivity contribution < 1.29 is 32.4 Å².